The first-order valence-corrected chi connectivity index (χ1v) is 7.33. The van der Waals surface area contributed by atoms with Crippen LogP contribution in [0.25, 0.3) is 0 Å². The summed E-state index contributed by atoms with van der Waals surface area (Å²) in [5.74, 6) is 1.07. The van der Waals surface area contributed by atoms with Crippen LogP contribution in [-0.4, -0.2) is 31.7 Å². The van der Waals surface area contributed by atoms with Gasteiger partial charge < -0.3 is 19.3 Å². The topological polar surface area (TPSA) is 65.0 Å². The molecule has 0 bridgehead atoms. The fourth-order valence-corrected chi connectivity index (χ4v) is 2.72. The largest absolute Gasteiger partial charge is 0.507 e. The van der Waals surface area contributed by atoms with Crippen LogP contribution in [0.15, 0.2) is 36.4 Å². The normalized spacial score (nSPS) is 16.4. The minimum Gasteiger partial charge on any atom is -0.507 e. The van der Waals surface area contributed by atoms with Crippen LogP contribution in [0.3, 0.4) is 0 Å². The van der Waals surface area contributed by atoms with Gasteiger partial charge in [-0.3, -0.25) is 4.79 Å². The Bertz CT molecular complexity index is 721. The second-order valence-electron chi connectivity index (χ2n) is 5.44. The van der Waals surface area contributed by atoms with Gasteiger partial charge in [0.15, 0.2) is 5.78 Å². The summed E-state index contributed by atoms with van der Waals surface area (Å²) < 4.78 is 15.9. The fourth-order valence-electron chi connectivity index (χ4n) is 2.72. The number of ether oxygens (including phenoxy) is 3. The van der Waals surface area contributed by atoms with Crippen LogP contribution in [0.1, 0.15) is 15.9 Å². The van der Waals surface area contributed by atoms with Crippen LogP contribution in [0, 0.1) is 5.92 Å². The van der Waals surface area contributed by atoms with Crippen molar-refractivity contribution >= 4 is 5.78 Å². The van der Waals surface area contributed by atoms with Gasteiger partial charge in [0.1, 0.15) is 28.6 Å². The number of carbonyl (C=O) groups excluding carboxylic acids is 1. The van der Waals surface area contributed by atoms with Crippen LogP contribution >= 0.6 is 0 Å². The van der Waals surface area contributed by atoms with Gasteiger partial charge in [0.25, 0.3) is 0 Å². The zero-order valence-electron chi connectivity index (χ0n) is 13.0. The van der Waals surface area contributed by atoms with E-state index in [2.05, 4.69) is 0 Å². The smallest absolute Gasteiger partial charge is 0.177 e. The second-order valence-corrected chi connectivity index (χ2v) is 5.44. The Kier molecular flexibility index (Phi) is 4.10. The van der Waals surface area contributed by atoms with Crippen molar-refractivity contribution in [1.82, 2.24) is 0 Å². The van der Waals surface area contributed by atoms with Crippen molar-refractivity contribution in [2.75, 3.05) is 20.8 Å². The zero-order chi connectivity index (χ0) is 16.4. The minimum atomic E-state index is -0.324. The molecule has 1 heterocycles. The van der Waals surface area contributed by atoms with Crippen molar-refractivity contribution in [2.45, 2.75) is 6.42 Å². The second kappa shape index (κ2) is 6.20. The predicted molar refractivity (Wildman–Crippen MR) is 84.7 cm³/mol. The lowest BCUT2D eigenvalue weighted by Gasteiger charge is -2.25. The summed E-state index contributed by atoms with van der Waals surface area (Å²) in [6, 6.07) is 10.6. The van der Waals surface area contributed by atoms with Gasteiger partial charge in [0.05, 0.1) is 26.7 Å². The number of aromatic hydroxyl groups is 1. The van der Waals surface area contributed by atoms with Gasteiger partial charge in [0.2, 0.25) is 0 Å². The van der Waals surface area contributed by atoms with E-state index < -0.39 is 0 Å². The molecule has 0 fully saturated rings. The number of Topliss-reactive ketones (excluding diaryl/α,β-unsaturated/α-hetero) is 1. The summed E-state index contributed by atoms with van der Waals surface area (Å²) in [6.07, 6.45) is 0.549. The van der Waals surface area contributed by atoms with Crippen molar-refractivity contribution in [3.05, 3.63) is 47.5 Å². The molecule has 0 saturated carbocycles. The van der Waals surface area contributed by atoms with E-state index >= 15 is 0 Å². The summed E-state index contributed by atoms with van der Waals surface area (Å²) in [7, 11) is 3.11. The number of hydrogen-bond acceptors (Lipinski definition) is 5. The van der Waals surface area contributed by atoms with Crippen molar-refractivity contribution < 1.29 is 24.1 Å². The molecule has 1 N–H and O–H groups in total. The van der Waals surface area contributed by atoms with Crippen LogP contribution < -0.4 is 14.2 Å². The maximum absolute atomic E-state index is 12.7. The van der Waals surface area contributed by atoms with E-state index in [4.69, 9.17) is 14.2 Å². The highest BCUT2D eigenvalue weighted by Gasteiger charge is 2.32. The molecular formula is C18H18O5. The molecule has 1 atom stereocenters. The summed E-state index contributed by atoms with van der Waals surface area (Å²) in [4.78, 5) is 12.7. The Morgan fingerprint density at radius 3 is 2.48 bits per heavy atom. The van der Waals surface area contributed by atoms with Crippen LogP contribution in [-0.2, 0) is 6.42 Å². The van der Waals surface area contributed by atoms with Gasteiger partial charge in [-0.25, -0.2) is 0 Å². The first kappa shape index (κ1) is 15.2. The Balaban J connectivity index is 1.83. The molecular weight excluding hydrogens is 296 g/mol. The quantitative estimate of drug-likeness (QED) is 0.940. The van der Waals surface area contributed by atoms with Crippen LogP contribution in [0.5, 0.6) is 23.0 Å². The third kappa shape index (κ3) is 2.95. The van der Waals surface area contributed by atoms with E-state index in [9.17, 15) is 9.90 Å². The SMILES string of the molecule is COc1ccc(CC2COc3cc(OC)cc(O)c3C2=O)cc1. The first-order valence-electron chi connectivity index (χ1n) is 7.33. The van der Waals surface area contributed by atoms with Crippen LogP contribution in [0.4, 0.5) is 0 Å². The molecule has 2 aromatic carbocycles. The molecule has 0 radical (unpaired) electrons. The number of hydrogen-bond donors (Lipinski definition) is 1. The maximum Gasteiger partial charge on any atom is 0.177 e. The lowest BCUT2D eigenvalue weighted by molar-refractivity contribution is 0.0826. The number of benzene rings is 2. The van der Waals surface area contributed by atoms with Crippen molar-refractivity contribution in [3.8, 4) is 23.0 Å². The number of rotatable bonds is 4. The monoisotopic (exact) mass is 314 g/mol. The predicted octanol–water partition coefficient (Wildman–Crippen LogP) is 2.84. The number of carbonyl (C=O) groups is 1. The van der Waals surface area contributed by atoms with Crippen molar-refractivity contribution in [3.63, 3.8) is 0 Å². The molecule has 120 valence electrons. The minimum absolute atomic E-state index is 0.108. The van der Waals surface area contributed by atoms with Gasteiger partial charge in [-0.15, -0.1) is 0 Å². The number of phenolic OH excluding ortho intramolecular Hbond substituents is 1. The third-order valence-electron chi connectivity index (χ3n) is 3.99. The zero-order valence-corrected chi connectivity index (χ0v) is 13.0. The van der Waals surface area contributed by atoms with E-state index in [1.165, 1.54) is 13.2 Å². The van der Waals surface area contributed by atoms with Gasteiger partial charge in [-0.2, -0.15) is 0 Å². The van der Waals surface area contributed by atoms with Crippen LogP contribution in [0.2, 0.25) is 0 Å². The lowest BCUT2D eigenvalue weighted by Crippen LogP contribution is -2.29. The molecule has 0 aliphatic carbocycles. The Morgan fingerprint density at radius 2 is 1.83 bits per heavy atom. The van der Waals surface area contributed by atoms with E-state index in [0.29, 0.717) is 17.9 Å². The Morgan fingerprint density at radius 1 is 1.13 bits per heavy atom. The van der Waals surface area contributed by atoms with Crippen molar-refractivity contribution in [2.24, 2.45) is 5.92 Å². The van der Waals surface area contributed by atoms with E-state index in [-0.39, 0.29) is 29.6 Å². The molecule has 3 rings (SSSR count). The third-order valence-corrected chi connectivity index (χ3v) is 3.99. The molecule has 1 aliphatic rings. The average Bonchev–Trinajstić information content (AvgIpc) is 2.57. The van der Waals surface area contributed by atoms with Gasteiger partial charge >= 0.3 is 0 Å². The van der Waals surface area contributed by atoms with E-state index in [0.717, 1.165) is 11.3 Å². The van der Waals surface area contributed by atoms with Crippen molar-refractivity contribution in [1.29, 1.82) is 0 Å². The van der Waals surface area contributed by atoms with E-state index in [1.807, 2.05) is 24.3 Å². The van der Waals surface area contributed by atoms with Gasteiger partial charge in [0, 0.05) is 12.1 Å². The highest BCUT2D eigenvalue weighted by molar-refractivity contribution is 6.04. The number of ketones is 1. The molecule has 0 spiro atoms. The first-order chi connectivity index (χ1) is 11.1. The summed E-state index contributed by atoms with van der Waals surface area (Å²) in [6.45, 7) is 0.282. The maximum atomic E-state index is 12.7. The highest BCUT2D eigenvalue weighted by atomic mass is 16.5. The number of fused-ring (bicyclic) bond motifs is 1. The molecule has 0 aromatic heterocycles. The van der Waals surface area contributed by atoms with Gasteiger partial charge in [-0.05, 0) is 24.1 Å². The molecule has 1 aliphatic heterocycles. The molecule has 23 heavy (non-hydrogen) atoms. The Hall–Kier alpha value is -2.69. The Labute approximate surface area is 134 Å². The number of methoxy groups -OCH3 is 2. The highest BCUT2D eigenvalue weighted by Crippen LogP contribution is 2.38. The fraction of sp³-hybridized carbons (Fsp3) is 0.278. The van der Waals surface area contributed by atoms with Gasteiger partial charge in [-0.1, -0.05) is 12.1 Å². The standard InChI is InChI=1S/C18H18O5/c1-21-13-5-3-11(4-6-13)7-12-10-23-16-9-14(22-2)8-15(19)17(16)18(12)20/h3-6,8-9,12,19H,7,10H2,1-2H3. The summed E-state index contributed by atoms with van der Waals surface area (Å²) >= 11 is 0. The molecule has 5 nitrogen and oxygen atoms in total. The molecule has 0 saturated heterocycles. The molecule has 0 amide bonds. The summed E-state index contributed by atoms with van der Waals surface area (Å²) in [5.41, 5.74) is 1.25. The van der Waals surface area contributed by atoms with E-state index in [1.54, 1.807) is 13.2 Å². The lowest BCUT2D eigenvalue weighted by atomic mass is 9.89. The molecule has 5 heteroatoms. The average molecular weight is 314 g/mol. The number of phenols is 1. The molecule has 1 unspecified atom stereocenters. The summed E-state index contributed by atoms with van der Waals surface area (Å²) in [5, 5.41) is 10.1. The molecule has 2 aromatic rings.